The van der Waals surface area contributed by atoms with Crippen LogP contribution in [0.1, 0.15) is 0 Å². The number of benzene rings is 8. The normalized spacial score (nSPS) is 11.9. The van der Waals surface area contributed by atoms with Crippen LogP contribution >= 0.6 is 0 Å². The summed E-state index contributed by atoms with van der Waals surface area (Å²) >= 11 is 0. The number of fused-ring (bicyclic) bond motifs is 7. The Kier molecular flexibility index (Phi) is 5.96. The molecule has 0 saturated carbocycles. The molecule has 0 aliphatic rings. The second-order valence-corrected chi connectivity index (χ2v) is 13.4. The second-order valence-electron chi connectivity index (χ2n) is 13.4. The van der Waals surface area contributed by atoms with E-state index in [1.807, 2.05) is 22.9 Å². The van der Waals surface area contributed by atoms with Gasteiger partial charge >= 0.3 is 0 Å². The molecule has 51 heavy (non-hydrogen) atoms. The molecule has 0 aliphatic carbocycles. The highest BCUT2D eigenvalue weighted by atomic mass is 15.1. The molecule has 0 spiro atoms. The smallest absolute Gasteiger partial charge is 0.234 e. The van der Waals surface area contributed by atoms with Gasteiger partial charge in [-0.2, -0.15) is 0 Å². The van der Waals surface area contributed by atoms with Crippen LogP contribution < -0.4 is 0 Å². The van der Waals surface area contributed by atoms with Gasteiger partial charge in [-0.25, -0.2) is 9.97 Å². The van der Waals surface area contributed by atoms with E-state index >= 15 is 0 Å². The average Bonchev–Trinajstić information content (AvgIpc) is 3.64. The van der Waals surface area contributed by atoms with Gasteiger partial charge in [0.25, 0.3) is 0 Å². The predicted molar refractivity (Wildman–Crippen MR) is 214 cm³/mol. The molecular formula is C48H29N3. The van der Waals surface area contributed by atoms with Gasteiger partial charge in [0, 0.05) is 24.2 Å². The van der Waals surface area contributed by atoms with Crippen LogP contribution in [0.15, 0.2) is 176 Å². The molecule has 0 radical (unpaired) electrons. The lowest BCUT2D eigenvalue weighted by molar-refractivity contribution is 1.11. The largest absolute Gasteiger partial charge is 0.291 e. The molecule has 0 saturated heterocycles. The molecule has 0 aliphatic heterocycles. The monoisotopic (exact) mass is 647 g/mol. The zero-order valence-corrected chi connectivity index (χ0v) is 27.6. The third kappa shape index (κ3) is 4.25. The molecule has 3 heteroatoms. The Bertz CT molecular complexity index is 3160. The highest BCUT2D eigenvalue weighted by Gasteiger charge is 2.15. The summed E-state index contributed by atoms with van der Waals surface area (Å²) in [6.07, 6.45) is 5.78. The molecule has 0 unspecified atom stereocenters. The fourth-order valence-corrected chi connectivity index (χ4v) is 8.32. The Morgan fingerprint density at radius 1 is 0.392 bits per heavy atom. The topological polar surface area (TPSA) is 30.2 Å². The lowest BCUT2D eigenvalue weighted by Crippen LogP contribution is -1.88. The lowest BCUT2D eigenvalue weighted by Gasteiger charge is -2.15. The predicted octanol–water partition coefficient (Wildman–Crippen LogP) is 12.6. The van der Waals surface area contributed by atoms with Crippen LogP contribution in [0.25, 0.3) is 104 Å². The number of nitrogens with zero attached hydrogens (tertiary/aromatic N) is 3. The van der Waals surface area contributed by atoms with Gasteiger partial charge in [0.2, 0.25) is 5.78 Å². The van der Waals surface area contributed by atoms with E-state index in [0.29, 0.717) is 5.78 Å². The third-order valence-electron chi connectivity index (χ3n) is 10.7. The SMILES string of the molecule is c1ccc2c(-c3ccc4c(c3)c3ccccc3c3cccc5ccc6cccc4c6c53)ccc(-c3ccc(-c4cn5cccnc5n4)cc3)c2c1. The number of aromatic nitrogens is 3. The maximum Gasteiger partial charge on any atom is 0.234 e. The Labute approximate surface area is 293 Å². The minimum Gasteiger partial charge on any atom is -0.291 e. The summed E-state index contributed by atoms with van der Waals surface area (Å²) in [5, 5.41) is 15.3. The molecule has 9 aromatic carbocycles. The Morgan fingerprint density at radius 2 is 0.941 bits per heavy atom. The lowest BCUT2D eigenvalue weighted by atomic mass is 9.88. The molecule has 0 atom stereocenters. The van der Waals surface area contributed by atoms with Crippen LogP contribution in [-0.4, -0.2) is 14.4 Å². The number of hydrogen-bond donors (Lipinski definition) is 0. The van der Waals surface area contributed by atoms with E-state index in [-0.39, 0.29) is 0 Å². The van der Waals surface area contributed by atoms with Gasteiger partial charge in [-0.3, -0.25) is 4.40 Å². The van der Waals surface area contributed by atoms with Crippen LogP contribution in [0.4, 0.5) is 0 Å². The summed E-state index contributed by atoms with van der Waals surface area (Å²) in [5.41, 5.74) is 6.81. The zero-order valence-electron chi connectivity index (χ0n) is 27.6. The summed E-state index contributed by atoms with van der Waals surface area (Å²) in [7, 11) is 0. The van der Waals surface area contributed by atoms with E-state index in [1.54, 1.807) is 6.20 Å². The van der Waals surface area contributed by atoms with Crippen LogP contribution in [0.2, 0.25) is 0 Å². The van der Waals surface area contributed by atoms with Crippen molar-refractivity contribution >= 4 is 70.4 Å². The number of rotatable bonds is 3. The molecular weight excluding hydrogens is 619 g/mol. The van der Waals surface area contributed by atoms with Crippen molar-refractivity contribution in [2.24, 2.45) is 0 Å². The molecule has 236 valence electrons. The van der Waals surface area contributed by atoms with Gasteiger partial charge < -0.3 is 0 Å². The van der Waals surface area contributed by atoms with Gasteiger partial charge in [0.1, 0.15) is 0 Å². The van der Waals surface area contributed by atoms with Crippen molar-refractivity contribution in [2.75, 3.05) is 0 Å². The highest BCUT2D eigenvalue weighted by Crippen LogP contribution is 2.42. The van der Waals surface area contributed by atoms with Crippen LogP contribution in [0, 0.1) is 0 Å². The molecule has 0 fully saturated rings. The first-order chi connectivity index (χ1) is 25.3. The van der Waals surface area contributed by atoms with Crippen molar-refractivity contribution in [1.29, 1.82) is 0 Å². The quantitative estimate of drug-likeness (QED) is 0.179. The summed E-state index contributed by atoms with van der Waals surface area (Å²) in [6, 6.07) is 58.0. The van der Waals surface area contributed by atoms with Crippen molar-refractivity contribution in [3.8, 4) is 33.5 Å². The van der Waals surface area contributed by atoms with Gasteiger partial charge in [0.05, 0.1) is 5.69 Å². The summed E-state index contributed by atoms with van der Waals surface area (Å²) in [6.45, 7) is 0. The van der Waals surface area contributed by atoms with Gasteiger partial charge in [-0.05, 0) is 99.0 Å². The number of imidazole rings is 1. The minimum atomic E-state index is 0.703. The van der Waals surface area contributed by atoms with Crippen molar-refractivity contribution < 1.29 is 0 Å². The summed E-state index contributed by atoms with van der Waals surface area (Å²) < 4.78 is 1.96. The van der Waals surface area contributed by atoms with Crippen LogP contribution in [0.3, 0.4) is 0 Å². The molecule has 3 nitrogen and oxygen atoms in total. The van der Waals surface area contributed by atoms with E-state index in [2.05, 4.69) is 157 Å². The fraction of sp³-hybridized carbons (Fsp3) is 0. The van der Waals surface area contributed by atoms with Crippen molar-refractivity contribution in [1.82, 2.24) is 14.4 Å². The van der Waals surface area contributed by atoms with Gasteiger partial charge in [-0.15, -0.1) is 0 Å². The summed E-state index contributed by atoms with van der Waals surface area (Å²) in [5.74, 6) is 0.703. The maximum atomic E-state index is 4.72. The zero-order chi connectivity index (χ0) is 33.5. The first kappa shape index (κ1) is 28.0. The molecule has 11 rings (SSSR count). The van der Waals surface area contributed by atoms with Crippen LogP contribution in [0.5, 0.6) is 0 Å². The molecule has 11 aromatic rings. The second kappa shape index (κ2) is 10.8. The van der Waals surface area contributed by atoms with Gasteiger partial charge in [-0.1, -0.05) is 146 Å². The average molecular weight is 648 g/mol. The Balaban J connectivity index is 1.12. The van der Waals surface area contributed by atoms with E-state index in [0.717, 1.165) is 11.3 Å². The molecule has 2 aromatic heterocycles. The van der Waals surface area contributed by atoms with E-state index in [4.69, 9.17) is 4.98 Å². The molecule has 0 bridgehead atoms. The summed E-state index contributed by atoms with van der Waals surface area (Å²) in [4.78, 5) is 9.10. The standard InChI is InChI=1S/C48H29N3/c1-2-11-38-36(25-24-35(37(38)10-1)30-16-18-31(19-17-30)45-29-51-27-7-26-49-48(51)50-45)34-22-23-41-43-15-6-9-33-21-20-32-8-5-14-42(46(32)47(33)43)39-12-3-4-13-40(39)44(41)28-34/h1-29H. The minimum absolute atomic E-state index is 0.703. The molecule has 2 heterocycles. The Morgan fingerprint density at radius 3 is 1.61 bits per heavy atom. The Hall–Kier alpha value is -6.84. The number of hydrogen-bond acceptors (Lipinski definition) is 2. The van der Waals surface area contributed by atoms with Crippen molar-refractivity contribution in [2.45, 2.75) is 0 Å². The maximum absolute atomic E-state index is 4.72. The molecule has 0 amide bonds. The fourth-order valence-electron chi connectivity index (χ4n) is 8.32. The van der Waals surface area contributed by atoms with Crippen molar-refractivity contribution in [3.05, 3.63) is 176 Å². The molecule has 0 N–H and O–H groups in total. The van der Waals surface area contributed by atoms with Crippen LogP contribution in [-0.2, 0) is 0 Å². The highest BCUT2D eigenvalue weighted by molar-refractivity contribution is 6.33. The van der Waals surface area contributed by atoms with Crippen molar-refractivity contribution in [3.63, 3.8) is 0 Å². The first-order valence-electron chi connectivity index (χ1n) is 17.4. The third-order valence-corrected chi connectivity index (χ3v) is 10.7. The van der Waals surface area contributed by atoms with Gasteiger partial charge in [0.15, 0.2) is 0 Å². The first-order valence-corrected chi connectivity index (χ1v) is 17.4. The van der Waals surface area contributed by atoms with E-state index in [9.17, 15) is 0 Å². The van der Waals surface area contributed by atoms with E-state index < -0.39 is 0 Å². The van der Waals surface area contributed by atoms with E-state index in [1.165, 1.54) is 86.9 Å².